The van der Waals surface area contributed by atoms with Crippen LogP contribution in [-0.2, 0) is 0 Å². The van der Waals surface area contributed by atoms with Crippen LogP contribution in [0.25, 0.3) is 0 Å². The van der Waals surface area contributed by atoms with Crippen LogP contribution in [0.1, 0.15) is 43.7 Å². The van der Waals surface area contributed by atoms with Gasteiger partial charge in [0.2, 0.25) is 0 Å². The highest BCUT2D eigenvalue weighted by Crippen LogP contribution is 2.32. The van der Waals surface area contributed by atoms with E-state index in [-0.39, 0.29) is 24.1 Å². The lowest BCUT2D eigenvalue weighted by Gasteiger charge is -2.30. The first-order valence-corrected chi connectivity index (χ1v) is 7.70. The molecule has 8 heteroatoms. The SMILES string of the molecule is Cl.N[C@@H](c1ccc(OC(F)(F)C(F)F)cc1)[C@H](O)C1CCCCC1. The van der Waals surface area contributed by atoms with Crippen molar-refractivity contribution in [3.05, 3.63) is 29.8 Å². The van der Waals surface area contributed by atoms with Gasteiger partial charge in [-0.2, -0.15) is 17.6 Å². The molecule has 1 saturated carbocycles. The van der Waals surface area contributed by atoms with E-state index < -0.39 is 24.7 Å². The second-order valence-corrected chi connectivity index (χ2v) is 5.95. The van der Waals surface area contributed by atoms with Gasteiger partial charge in [0, 0.05) is 0 Å². The van der Waals surface area contributed by atoms with Gasteiger partial charge in [0.15, 0.2) is 0 Å². The largest absolute Gasteiger partial charge is 0.461 e. The van der Waals surface area contributed by atoms with Gasteiger partial charge in [-0.1, -0.05) is 31.4 Å². The predicted molar refractivity (Wildman–Crippen MR) is 84.8 cm³/mol. The molecule has 0 aliphatic heterocycles. The number of benzene rings is 1. The molecule has 1 aliphatic carbocycles. The van der Waals surface area contributed by atoms with Gasteiger partial charge in [0.1, 0.15) is 5.75 Å². The Balaban J connectivity index is 0.00000288. The van der Waals surface area contributed by atoms with Crippen LogP contribution in [0.15, 0.2) is 24.3 Å². The van der Waals surface area contributed by atoms with Crippen LogP contribution >= 0.6 is 12.4 Å². The Labute approximate surface area is 144 Å². The van der Waals surface area contributed by atoms with Crippen LogP contribution < -0.4 is 10.5 Å². The summed E-state index contributed by atoms with van der Waals surface area (Å²) in [5, 5.41) is 10.3. The summed E-state index contributed by atoms with van der Waals surface area (Å²) in [4.78, 5) is 0. The van der Waals surface area contributed by atoms with E-state index in [9.17, 15) is 22.7 Å². The maximum atomic E-state index is 12.8. The van der Waals surface area contributed by atoms with Gasteiger partial charge in [-0.3, -0.25) is 0 Å². The zero-order valence-corrected chi connectivity index (χ0v) is 13.8. The second-order valence-electron chi connectivity index (χ2n) is 5.95. The molecule has 2 rings (SSSR count). The highest BCUT2D eigenvalue weighted by atomic mass is 35.5. The molecule has 0 amide bonds. The first-order chi connectivity index (χ1) is 10.8. The summed E-state index contributed by atoms with van der Waals surface area (Å²) in [5.41, 5.74) is 6.59. The molecule has 0 bridgehead atoms. The lowest BCUT2D eigenvalue weighted by atomic mass is 9.81. The minimum Gasteiger partial charge on any atom is -0.428 e. The third kappa shape index (κ3) is 5.22. The normalized spacial score (nSPS) is 18.8. The van der Waals surface area contributed by atoms with E-state index in [2.05, 4.69) is 4.74 Å². The highest BCUT2D eigenvalue weighted by Gasteiger charge is 2.44. The zero-order chi connectivity index (χ0) is 17.0. The number of aliphatic hydroxyl groups is 1. The molecule has 1 aromatic carbocycles. The standard InChI is InChI=1S/C16H21F4NO2.ClH/c17-15(18)16(19,20)23-12-8-6-10(7-9-12)13(21)14(22)11-4-2-1-3-5-11;/h6-9,11,13-15,22H,1-5,21H2;1H/t13-,14+;/m0./s1. The summed E-state index contributed by atoms with van der Waals surface area (Å²) in [6.45, 7) is 0. The van der Waals surface area contributed by atoms with Crippen molar-refractivity contribution in [3.8, 4) is 5.75 Å². The van der Waals surface area contributed by atoms with Gasteiger partial charge in [-0.15, -0.1) is 12.4 Å². The number of hydrogen-bond donors (Lipinski definition) is 2. The molecule has 24 heavy (non-hydrogen) atoms. The van der Waals surface area contributed by atoms with Crippen LogP contribution in [-0.4, -0.2) is 23.7 Å². The number of nitrogens with two attached hydrogens (primary N) is 1. The van der Waals surface area contributed by atoms with E-state index >= 15 is 0 Å². The van der Waals surface area contributed by atoms with E-state index in [1.165, 1.54) is 12.1 Å². The van der Waals surface area contributed by atoms with Crippen molar-refractivity contribution in [3.63, 3.8) is 0 Å². The summed E-state index contributed by atoms with van der Waals surface area (Å²) in [7, 11) is 0. The molecule has 0 unspecified atom stereocenters. The van der Waals surface area contributed by atoms with Crippen LogP contribution in [0.5, 0.6) is 5.75 Å². The molecule has 1 aromatic rings. The van der Waals surface area contributed by atoms with Crippen LogP contribution in [0.3, 0.4) is 0 Å². The highest BCUT2D eigenvalue weighted by molar-refractivity contribution is 5.85. The number of rotatable bonds is 6. The van der Waals surface area contributed by atoms with Crippen LogP contribution in [0, 0.1) is 5.92 Å². The zero-order valence-electron chi connectivity index (χ0n) is 13.0. The molecule has 0 heterocycles. The van der Waals surface area contributed by atoms with Gasteiger partial charge in [-0.25, -0.2) is 0 Å². The molecule has 0 radical (unpaired) electrons. The fourth-order valence-corrected chi connectivity index (χ4v) is 2.93. The minimum absolute atomic E-state index is 0. The van der Waals surface area contributed by atoms with Gasteiger partial charge < -0.3 is 15.6 Å². The lowest BCUT2D eigenvalue weighted by Crippen LogP contribution is -2.34. The molecule has 1 fully saturated rings. The number of halogens is 5. The number of ether oxygens (including phenoxy) is 1. The molecule has 1 aliphatic rings. The Bertz CT molecular complexity index is 495. The first-order valence-electron chi connectivity index (χ1n) is 7.70. The third-order valence-electron chi connectivity index (χ3n) is 4.27. The predicted octanol–water partition coefficient (Wildman–Crippen LogP) is 4.29. The van der Waals surface area contributed by atoms with Crippen molar-refractivity contribution in [2.75, 3.05) is 0 Å². The molecule has 2 atom stereocenters. The first kappa shape index (κ1) is 21.0. The van der Waals surface area contributed by atoms with Gasteiger partial charge in [-0.05, 0) is 36.5 Å². The van der Waals surface area contributed by atoms with E-state index in [0.29, 0.717) is 5.56 Å². The molecule has 3 N–H and O–H groups in total. The van der Waals surface area contributed by atoms with Gasteiger partial charge in [0.05, 0.1) is 12.1 Å². The Morgan fingerprint density at radius 2 is 1.62 bits per heavy atom. The van der Waals surface area contributed by atoms with Crippen molar-refractivity contribution >= 4 is 12.4 Å². The monoisotopic (exact) mass is 371 g/mol. The van der Waals surface area contributed by atoms with Crippen molar-refractivity contribution in [2.24, 2.45) is 11.7 Å². The van der Waals surface area contributed by atoms with Crippen LogP contribution in [0.4, 0.5) is 17.6 Å². The van der Waals surface area contributed by atoms with Crippen molar-refractivity contribution in [2.45, 2.75) is 56.8 Å². The maximum absolute atomic E-state index is 12.8. The number of aliphatic hydroxyl groups excluding tert-OH is 1. The molecule has 138 valence electrons. The van der Waals surface area contributed by atoms with Crippen molar-refractivity contribution in [1.29, 1.82) is 0 Å². The number of alkyl halides is 4. The molecular weight excluding hydrogens is 350 g/mol. The quantitative estimate of drug-likeness (QED) is 0.733. The van der Waals surface area contributed by atoms with E-state index in [1.54, 1.807) is 0 Å². The summed E-state index contributed by atoms with van der Waals surface area (Å²) in [5.74, 6) is -0.253. The molecule has 3 nitrogen and oxygen atoms in total. The Morgan fingerprint density at radius 3 is 2.12 bits per heavy atom. The van der Waals surface area contributed by atoms with E-state index in [0.717, 1.165) is 44.2 Å². The Morgan fingerprint density at radius 1 is 1.08 bits per heavy atom. The Hall–Kier alpha value is -1.05. The maximum Gasteiger partial charge on any atom is 0.461 e. The van der Waals surface area contributed by atoms with Crippen molar-refractivity contribution < 1.29 is 27.4 Å². The third-order valence-corrected chi connectivity index (χ3v) is 4.27. The summed E-state index contributed by atoms with van der Waals surface area (Å²) in [6.07, 6.45) is -4.06. The van der Waals surface area contributed by atoms with Crippen molar-refractivity contribution in [1.82, 2.24) is 0 Å². The summed E-state index contributed by atoms with van der Waals surface area (Å²) < 4.78 is 53.8. The smallest absolute Gasteiger partial charge is 0.428 e. The second kappa shape index (κ2) is 8.87. The van der Waals surface area contributed by atoms with Gasteiger partial charge in [0.25, 0.3) is 0 Å². The fourth-order valence-electron chi connectivity index (χ4n) is 2.93. The average molecular weight is 372 g/mol. The molecule has 0 saturated heterocycles. The molecular formula is C16H22ClF4NO2. The molecule has 0 aromatic heterocycles. The number of hydrogen-bond acceptors (Lipinski definition) is 3. The van der Waals surface area contributed by atoms with E-state index in [4.69, 9.17) is 5.73 Å². The Kier molecular flexibility index (Phi) is 7.76. The average Bonchev–Trinajstić information content (AvgIpc) is 2.54. The summed E-state index contributed by atoms with van der Waals surface area (Å²) >= 11 is 0. The summed E-state index contributed by atoms with van der Waals surface area (Å²) in [6, 6.07) is 4.47. The fraction of sp³-hybridized carbons (Fsp3) is 0.625. The molecule has 0 spiro atoms. The topological polar surface area (TPSA) is 55.5 Å². The van der Waals surface area contributed by atoms with Crippen LogP contribution in [0.2, 0.25) is 0 Å². The minimum atomic E-state index is -4.54. The van der Waals surface area contributed by atoms with Gasteiger partial charge >= 0.3 is 12.5 Å². The lowest BCUT2D eigenvalue weighted by molar-refractivity contribution is -0.253. The van der Waals surface area contributed by atoms with E-state index in [1.807, 2.05) is 0 Å².